The third-order valence-corrected chi connectivity index (χ3v) is 8.33. The van der Waals surface area contributed by atoms with Crippen LogP contribution in [0.4, 0.5) is 0 Å². The topological polar surface area (TPSA) is 34.1 Å². The molecule has 4 aliphatic rings. The van der Waals surface area contributed by atoms with Crippen LogP contribution in [0.25, 0.3) is 0 Å². The van der Waals surface area contributed by atoms with Gasteiger partial charge >= 0.3 is 0 Å². The number of fused-ring (bicyclic) bond motifs is 5. The van der Waals surface area contributed by atoms with Crippen molar-refractivity contribution in [3.63, 3.8) is 0 Å². The molecule has 0 radical (unpaired) electrons. The largest absolute Gasteiger partial charge is 0.300 e. The van der Waals surface area contributed by atoms with Gasteiger partial charge in [0.2, 0.25) is 0 Å². The van der Waals surface area contributed by atoms with Gasteiger partial charge in [0.1, 0.15) is 11.6 Å². The van der Waals surface area contributed by atoms with Crippen molar-refractivity contribution in [3.8, 4) is 0 Å². The van der Waals surface area contributed by atoms with E-state index in [4.69, 9.17) is 0 Å². The second-order valence-corrected chi connectivity index (χ2v) is 9.26. The van der Waals surface area contributed by atoms with Gasteiger partial charge in [0.25, 0.3) is 0 Å². The fourth-order valence-electron chi connectivity index (χ4n) is 6.98. The Bertz CT molecular complexity index is 589. The van der Waals surface area contributed by atoms with Crippen molar-refractivity contribution in [1.29, 1.82) is 0 Å². The van der Waals surface area contributed by atoms with Gasteiger partial charge in [-0.3, -0.25) is 9.59 Å². The Balaban J connectivity index is 1.70. The molecule has 0 aliphatic heterocycles. The van der Waals surface area contributed by atoms with Crippen LogP contribution in [0.5, 0.6) is 0 Å². The normalized spacial score (nSPS) is 49.0. The Hall–Kier alpha value is -0.920. The average molecular weight is 314 g/mol. The molecule has 0 aromatic rings. The van der Waals surface area contributed by atoms with E-state index < -0.39 is 0 Å². The Morgan fingerprint density at radius 1 is 1.17 bits per heavy atom. The number of rotatable bonds is 1. The van der Waals surface area contributed by atoms with E-state index in [1.54, 1.807) is 12.5 Å². The van der Waals surface area contributed by atoms with Crippen molar-refractivity contribution in [2.75, 3.05) is 0 Å². The molecule has 3 saturated carbocycles. The molecule has 126 valence electrons. The highest BCUT2D eigenvalue weighted by atomic mass is 16.1. The van der Waals surface area contributed by atoms with E-state index in [9.17, 15) is 9.59 Å². The molecule has 0 aromatic carbocycles. The van der Waals surface area contributed by atoms with Crippen LogP contribution in [0.3, 0.4) is 0 Å². The Morgan fingerprint density at radius 2 is 1.96 bits per heavy atom. The zero-order valence-electron chi connectivity index (χ0n) is 14.9. The molecule has 4 rings (SSSR count). The van der Waals surface area contributed by atoms with Gasteiger partial charge < -0.3 is 0 Å². The third-order valence-electron chi connectivity index (χ3n) is 8.33. The summed E-state index contributed by atoms with van der Waals surface area (Å²) in [5.74, 6) is 3.07. The molecule has 0 amide bonds. The highest BCUT2D eigenvalue weighted by molar-refractivity contribution is 5.80. The molecule has 6 atom stereocenters. The van der Waals surface area contributed by atoms with Gasteiger partial charge in [-0.25, -0.2) is 0 Å². The molecule has 2 heteroatoms. The molecule has 0 unspecified atom stereocenters. The first-order valence-electron chi connectivity index (χ1n) is 9.59. The minimum absolute atomic E-state index is 0.188. The third kappa shape index (κ3) is 2.06. The summed E-state index contributed by atoms with van der Waals surface area (Å²) in [5, 5.41) is 0. The fourth-order valence-corrected chi connectivity index (χ4v) is 6.98. The van der Waals surface area contributed by atoms with Gasteiger partial charge in [0.15, 0.2) is 0 Å². The molecule has 0 saturated heterocycles. The summed E-state index contributed by atoms with van der Waals surface area (Å²) in [4.78, 5) is 24.0. The summed E-state index contributed by atoms with van der Waals surface area (Å²) in [6.45, 7) is 6.60. The number of hydrogen-bond donors (Lipinski definition) is 0. The molecule has 0 aromatic heterocycles. The lowest BCUT2D eigenvalue weighted by molar-refractivity contribution is -0.127. The van der Waals surface area contributed by atoms with Gasteiger partial charge in [0, 0.05) is 18.8 Å². The van der Waals surface area contributed by atoms with Crippen LogP contribution in [0, 0.1) is 34.5 Å². The smallest absolute Gasteiger partial charge is 0.133 e. The number of allylic oxidation sites excluding steroid dienone is 2. The van der Waals surface area contributed by atoms with Crippen molar-refractivity contribution in [2.45, 2.75) is 72.1 Å². The quantitative estimate of drug-likeness (QED) is 0.656. The summed E-state index contributed by atoms with van der Waals surface area (Å²) in [6.07, 6.45) is 11.0. The van der Waals surface area contributed by atoms with E-state index in [2.05, 4.69) is 19.9 Å². The van der Waals surface area contributed by atoms with Crippen LogP contribution in [0.2, 0.25) is 0 Å². The highest BCUT2D eigenvalue weighted by Gasteiger charge is 2.57. The van der Waals surface area contributed by atoms with Gasteiger partial charge in [-0.05, 0) is 74.0 Å². The van der Waals surface area contributed by atoms with Gasteiger partial charge in [-0.1, -0.05) is 25.5 Å². The first-order valence-corrected chi connectivity index (χ1v) is 9.59. The Kier molecular flexibility index (Phi) is 3.42. The molecule has 4 aliphatic carbocycles. The van der Waals surface area contributed by atoms with E-state index in [1.165, 1.54) is 19.3 Å². The second-order valence-electron chi connectivity index (χ2n) is 9.26. The Labute approximate surface area is 140 Å². The van der Waals surface area contributed by atoms with Crippen LogP contribution < -0.4 is 0 Å². The summed E-state index contributed by atoms with van der Waals surface area (Å²) in [7, 11) is 0. The zero-order chi connectivity index (χ0) is 16.4. The van der Waals surface area contributed by atoms with Crippen LogP contribution in [0.15, 0.2) is 11.6 Å². The van der Waals surface area contributed by atoms with Crippen molar-refractivity contribution in [1.82, 2.24) is 0 Å². The van der Waals surface area contributed by atoms with Crippen LogP contribution in [0.1, 0.15) is 72.1 Å². The monoisotopic (exact) mass is 314 g/mol. The number of carbonyl (C=O) groups excluding carboxylic acids is 2. The average Bonchev–Trinajstić information content (AvgIpc) is 2.85. The predicted molar refractivity (Wildman–Crippen MR) is 90.9 cm³/mol. The van der Waals surface area contributed by atoms with E-state index >= 15 is 0 Å². The lowest BCUT2D eigenvalue weighted by atomic mass is 9.49. The molecular weight excluding hydrogens is 284 g/mol. The molecule has 0 heterocycles. The summed E-state index contributed by atoms with van der Waals surface area (Å²) in [6, 6.07) is 0. The number of Topliss-reactive ketones (excluding diaryl/α,β-unsaturated/α-hetero) is 2. The van der Waals surface area contributed by atoms with Crippen LogP contribution in [-0.2, 0) is 9.59 Å². The van der Waals surface area contributed by atoms with Gasteiger partial charge in [-0.15, -0.1) is 0 Å². The SMILES string of the molecule is CC(=O)[C@H]1CC[C@H]2[C@@H]3CC[C@H]4CC(=O)CC[C@]4(C)C3=CC[C@]12C. The maximum absolute atomic E-state index is 12.1. The fraction of sp³-hybridized carbons (Fsp3) is 0.810. The number of ketones is 2. The van der Waals surface area contributed by atoms with Crippen LogP contribution >= 0.6 is 0 Å². The Morgan fingerprint density at radius 3 is 2.70 bits per heavy atom. The first-order chi connectivity index (χ1) is 10.9. The lowest BCUT2D eigenvalue weighted by Crippen LogP contribution is -2.48. The molecule has 0 N–H and O–H groups in total. The molecule has 0 bridgehead atoms. The number of hydrogen-bond acceptors (Lipinski definition) is 2. The van der Waals surface area contributed by atoms with E-state index in [0.29, 0.717) is 29.3 Å². The summed E-state index contributed by atoms with van der Waals surface area (Å²) in [5.41, 5.74) is 2.12. The van der Waals surface area contributed by atoms with E-state index in [-0.39, 0.29) is 16.7 Å². The van der Waals surface area contributed by atoms with Crippen molar-refractivity contribution in [3.05, 3.63) is 11.6 Å². The van der Waals surface area contributed by atoms with Crippen molar-refractivity contribution in [2.24, 2.45) is 34.5 Å². The molecule has 0 spiro atoms. The maximum atomic E-state index is 12.1. The number of carbonyl (C=O) groups is 2. The van der Waals surface area contributed by atoms with Gasteiger partial charge in [0.05, 0.1) is 0 Å². The van der Waals surface area contributed by atoms with Gasteiger partial charge in [-0.2, -0.15) is 0 Å². The summed E-state index contributed by atoms with van der Waals surface area (Å²) >= 11 is 0. The zero-order valence-corrected chi connectivity index (χ0v) is 14.9. The minimum atomic E-state index is 0.188. The highest BCUT2D eigenvalue weighted by Crippen LogP contribution is 2.65. The standard InChI is InChI=1S/C21H30O2/c1-13(22)17-6-7-18-16-5-4-14-12-15(23)8-10-20(14,2)19(16)9-11-21(17,18)3/h9,14,16-18H,4-8,10-12H2,1-3H3/t14-,16-,17+,18-,20-,21+/m0/s1. The molecule has 3 fully saturated rings. The van der Waals surface area contributed by atoms with E-state index in [1.807, 2.05) is 0 Å². The summed E-state index contributed by atoms with van der Waals surface area (Å²) < 4.78 is 0. The van der Waals surface area contributed by atoms with Crippen LogP contribution in [-0.4, -0.2) is 11.6 Å². The van der Waals surface area contributed by atoms with Crippen molar-refractivity contribution < 1.29 is 9.59 Å². The maximum Gasteiger partial charge on any atom is 0.133 e. The second kappa shape index (κ2) is 5.04. The molecular formula is C21H30O2. The van der Waals surface area contributed by atoms with E-state index in [0.717, 1.165) is 32.1 Å². The minimum Gasteiger partial charge on any atom is -0.300 e. The van der Waals surface area contributed by atoms with Crippen molar-refractivity contribution >= 4 is 11.6 Å². The lowest BCUT2D eigenvalue weighted by Gasteiger charge is -2.55. The molecule has 23 heavy (non-hydrogen) atoms. The first kappa shape index (κ1) is 15.6. The molecule has 2 nitrogen and oxygen atoms in total. The predicted octanol–water partition coefficient (Wildman–Crippen LogP) is 4.72.